The van der Waals surface area contributed by atoms with Gasteiger partial charge in [-0.05, 0) is 51.6 Å². The average Bonchev–Trinajstić information content (AvgIpc) is 2.73. The van der Waals surface area contributed by atoms with Crippen molar-refractivity contribution in [3.05, 3.63) is 55.1 Å². The molecule has 0 saturated carbocycles. The quantitative estimate of drug-likeness (QED) is 0.856. The maximum Gasteiger partial charge on any atom is 0.251 e. The van der Waals surface area contributed by atoms with Gasteiger partial charge in [0.2, 0.25) is 0 Å². The van der Waals surface area contributed by atoms with E-state index in [1.165, 1.54) is 0 Å². The van der Waals surface area contributed by atoms with Gasteiger partial charge in [-0.1, -0.05) is 15.9 Å². The van der Waals surface area contributed by atoms with Crippen LogP contribution in [0.5, 0.6) is 0 Å². The molecule has 0 unspecified atom stereocenters. The van der Waals surface area contributed by atoms with Crippen LogP contribution in [-0.4, -0.2) is 5.91 Å². The van der Waals surface area contributed by atoms with E-state index in [1.54, 1.807) is 23.5 Å². The Morgan fingerprint density at radius 2 is 1.88 bits per heavy atom. The predicted molar refractivity (Wildman–Crippen MR) is 77.3 cm³/mol. The molecule has 0 aliphatic heterocycles. The SMILES string of the molecule is O=C(NCc1sccc1Br)c1ccc(Br)cc1. The second kappa shape index (κ2) is 5.80. The van der Waals surface area contributed by atoms with Crippen LogP contribution in [0.1, 0.15) is 15.2 Å². The van der Waals surface area contributed by atoms with Crippen molar-refractivity contribution in [1.29, 1.82) is 0 Å². The lowest BCUT2D eigenvalue weighted by Crippen LogP contribution is -2.22. The first kappa shape index (κ1) is 12.8. The number of thiophene rings is 1. The summed E-state index contributed by atoms with van der Waals surface area (Å²) in [6.45, 7) is 0.549. The maximum absolute atomic E-state index is 11.8. The minimum Gasteiger partial charge on any atom is -0.347 e. The van der Waals surface area contributed by atoms with Gasteiger partial charge in [-0.2, -0.15) is 0 Å². The molecule has 17 heavy (non-hydrogen) atoms. The van der Waals surface area contributed by atoms with E-state index in [-0.39, 0.29) is 5.91 Å². The summed E-state index contributed by atoms with van der Waals surface area (Å²) >= 11 is 8.39. The van der Waals surface area contributed by atoms with Gasteiger partial charge in [0.25, 0.3) is 5.91 Å². The highest BCUT2D eigenvalue weighted by Crippen LogP contribution is 2.22. The van der Waals surface area contributed by atoms with Crippen LogP contribution in [0.15, 0.2) is 44.7 Å². The van der Waals surface area contributed by atoms with Gasteiger partial charge < -0.3 is 5.32 Å². The van der Waals surface area contributed by atoms with Crippen molar-refractivity contribution in [2.24, 2.45) is 0 Å². The number of hydrogen-bond acceptors (Lipinski definition) is 2. The molecule has 0 saturated heterocycles. The Kier molecular flexibility index (Phi) is 4.36. The molecule has 0 bridgehead atoms. The largest absolute Gasteiger partial charge is 0.347 e. The van der Waals surface area contributed by atoms with Crippen molar-refractivity contribution in [2.45, 2.75) is 6.54 Å². The predicted octanol–water partition coefficient (Wildman–Crippen LogP) is 4.20. The molecule has 5 heteroatoms. The Labute approximate surface area is 120 Å². The summed E-state index contributed by atoms with van der Waals surface area (Å²) in [6.07, 6.45) is 0. The number of halogens is 2. The fourth-order valence-electron chi connectivity index (χ4n) is 1.32. The smallest absolute Gasteiger partial charge is 0.251 e. The summed E-state index contributed by atoms with van der Waals surface area (Å²) in [5.41, 5.74) is 0.667. The monoisotopic (exact) mass is 373 g/mol. The Bertz CT molecular complexity index is 522. The number of amides is 1. The van der Waals surface area contributed by atoms with Crippen LogP contribution in [0.2, 0.25) is 0 Å². The second-order valence-electron chi connectivity index (χ2n) is 3.38. The molecule has 0 atom stereocenters. The number of benzene rings is 1. The molecule has 0 fully saturated rings. The molecule has 0 radical (unpaired) electrons. The normalized spacial score (nSPS) is 10.2. The molecule has 2 rings (SSSR count). The highest BCUT2D eigenvalue weighted by Gasteiger charge is 2.06. The number of nitrogens with one attached hydrogen (secondary N) is 1. The van der Waals surface area contributed by atoms with Gasteiger partial charge in [-0.25, -0.2) is 0 Å². The average molecular weight is 375 g/mol. The Balaban J connectivity index is 1.98. The fourth-order valence-corrected chi connectivity index (χ4v) is 3.01. The molecule has 0 aliphatic carbocycles. The first-order valence-electron chi connectivity index (χ1n) is 4.92. The molecule has 0 aliphatic rings. The van der Waals surface area contributed by atoms with Crippen molar-refractivity contribution in [3.63, 3.8) is 0 Å². The van der Waals surface area contributed by atoms with Crippen molar-refractivity contribution in [1.82, 2.24) is 5.32 Å². The van der Waals surface area contributed by atoms with E-state index in [4.69, 9.17) is 0 Å². The molecule has 2 aromatic rings. The van der Waals surface area contributed by atoms with Gasteiger partial charge in [0, 0.05) is 19.4 Å². The molecular weight excluding hydrogens is 366 g/mol. The van der Waals surface area contributed by atoms with Crippen LogP contribution in [0, 0.1) is 0 Å². The molecular formula is C12H9Br2NOS. The van der Waals surface area contributed by atoms with Crippen molar-refractivity contribution in [3.8, 4) is 0 Å². The fraction of sp³-hybridized carbons (Fsp3) is 0.0833. The van der Waals surface area contributed by atoms with Gasteiger partial charge >= 0.3 is 0 Å². The zero-order chi connectivity index (χ0) is 12.3. The van der Waals surface area contributed by atoms with Crippen molar-refractivity contribution < 1.29 is 4.79 Å². The Morgan fingerprint density at radius 1 is 1.18 bits per heavy atom. The molecule has 1 heterocycles. The standard InChI is InChI=1S/C12H9Br2NOS/c13-9-3-1-8(2-4-9)12(16)15-7-11-10(14)5-6-17-11/h1-6H,7H2,(H,15,16). The van der Waals surface area contributed by atoms with E-state index in [0.717, 1.165) is 13.8 Å². The zero-order valence-electron chi connectivity index (χ0n) is 8.74. The summed E-state index contributed by atoms with van der Waals surface area (Å²) in [4.78, 5) is 12.9. The third-order valence-electron chi connectivity index (χ3n) is 2.21. The van der Waals surface area contributed by atoms with E-state index in [0.29, 0.717) is 12.1 Å². The lowest BCUT2D eigenvalue weighted by atomic mass is 10.2. The van der Waals surface area contributed by atoms with Gasteiger partial charge in [-0.15, -0.1) is 11.3 Å². The summed E-state index contributed by atoms with van der Waals surface area (Å²) in [5, 5.41) is 4.88. The molecule has 1 aromatic heterocycles. The maximum atomic E-state index is 11.8. The Hall–Kier alpha value is -0.650. The number of hydrogen-bond donors (Lipinski definition) is 1. The van der Waals surface area contributed by atoms with Gasteiger partial charge in [-0.3, -0.25) is 4.79 Å². The zero-order valence-corrected chi connectivity index (χ0v) is 12.7. The van der Waals surface area contributed by atoms with E-state index >= 15 is 0 Å². The third-order valence-corrected chi connectivity index (χ3v) is 4.66. The van der Waals surface area contributed by atoms with Gasteiger partial charge in [0.15, 0.2) is 0 Å². The van der Waals surface area contributed by atoms with E-state index in [2.05, 4.69) is 37.2 Å². The highest BCUT2D eigenvalue weighted by atomic mass is 79.9. The molecule has 0 spiro atoms. The molecule has 88 valence electrons. The van der Waals surface area contributed by atoms with E-state index in [9.17, 15) is 4.79 Å². The summed E-state index contributed by atoms with van der Waals surface area (Å²) in [5.74, 6) is -0.0576. The topological polar surface area (TPSA) is 29.1 Å². The second-order valence-corrected chi connectivity index (χ2v) is 6.15. The summed E-state index contributed by atoms with van der Waals surface area (Å²) in [6, 6.07) is 9.28. The Morgan fingerprint density at radius 3 is 2.47 bits per heavy atom. The molecule has 1 N–H and O–H groups in total. The van der Waals surface area contributed by atoms with Crippen LogP contribution in [0.3, 0.4) is 0 Å². The van der Waals surface area contributed by atoms with Crippen LogP contribution < -0.4 is 5.32 Å². The molecule has 1 aromatic carbocycles. The van der Waals surface area contributed by atoms with Gasteiger partial charge in [0.05, 0.1) is 6.54 Å². The number of carbonyl (C=O) groups is 1. The summed E-state index contributed by atoms with van der Waals surface area (Å²) < 4.78 is 2.01. The number of rotatable bonds is 3. The molecule has 2 nitrogen and oxygen atoms in total. The van der Waals surface area contributed by atoms with Crippen molar-refractivity contribution in [2.75, 3.05) is 0 Å². The number of carbonyl (C=O) groups excluding carboxylic acids is 1. The van der Waals surface area contributed by atoms with E-state index in [1.807, 2.05) is 23.6 Å². The van der Waals surface area contributed by atoms with E-state index < -0.39 is 0 Å². The van der Waals surface area contributed by atoms with Crippen molar-refractivity contribution >= 4 is 49.1 Å². The lowest BCUT2D eigenvalue weighted by Gasteiger charge is -2.04. The minimum atomic E-state index is -0.0576. The van der Waals surface area contributed by atoms with Crippen LogP contribution in [-0.2, 0) is 6.54 Å². The van der Waals surface area contributed by atoms with Crippen LogP contribution in [0.4, 0.5) is 0 Å². The first-order valence-corrected chi connectivity index (χ1v) is 7.39. The highest BCUT2D eigenvalue weighted by molar-refractivity contribution is 9.10. The van der Waals surface area contributed by atoms with Gasteiger partial charge in [0.1, 0.15) is 0 Å². The first-order chi connectivity index (χ1) is 8.16. The van der Waals surface area contributed by atoms with Crippen LogP contribution >= 0.6 is 43.2 Å². The molecule has 1 amide bonds. The minimum absolute atomic E-state index is 0.0576. The van der Waals surface area contributed by atoms with Crippen LogP contribution in [0.25, 0.3) is 0 Å². The summed E-state index contributed by atoms with van der Waals surface area (Å²) in [7, 11) is 0. The lowest BCUT2D eigenvalue weighted by molar-refractivity contribution is 0.0951. The third kappa shape index (κ3) is 3.40.